The van der Waals surface area contributed by atoms with Gasteiger partial charge in [0.2, 0.25) is 11.8 Å². The number of carbonyl (C=O) groups excluding carboxylic acids is 3. The van der Waals surface area contributed by atoms with Gasteiger partial charge in [-0.2, -0.15) is 0 Å². The first kappa shape index (κ1) is 24.3. The second-order valence-corrected chi connectivity index (χ2v) is 10.1. The zero-order valence-corrected chi connectivity index (χ0v) is 21.9. The van der Waals surface area contributed by atoms with Crippen LogP contribution in [0, 0.1) is 11.8 Å². The molecule has 9 heteroatoms. The van der Waals surface area contributed by atoms with Crippen molar-refractivity contribution >= 4 is 29.4 Å². The van der Waals surface area contributed by atoms with Crippen LogP contribution in [0.1, 0.15) is 27.5 Å². The molecule has 4 atom stereocenters. The van der Waals surface area contributed by atoms with Gasteiger partial charge in [-0.25, -0.2) is 4.90 Å². The highest BCUT2D eigenvalue weighted by Crippen LogP contribution is 2.54. The molecule has 2 fully saturated rings. The topological polar surface area (TPSA) is 94.6 Å². The van der Waals surface area contributed by atoms with Crippen LogP contribution in [0.25, 0.3) is 6.08 Å². The largest absolute Gasteiger partial charge is 0.493 e. The fourth-order valence-corrected chi connectivity index (χ4v) is 6.44. The first-order chi connectivity index (χ1) is 19.5. The Morgan fingerprint density at radius 2 is 1.60 bits per heavy atom. The number of amides is 2. The lowest BCUT2D eigenvalue weighted by atomic mass is 9.83. The molecule has 4 heterocycles. The van der Waals surface area contributed by atoms with E-state index in [1.54, 1.807) is 36.4 Å². The molecule has 4 aliphatic heterocycles. The molecule has 7 rings (SSSR count). The molecule has 0 unspecified atom stereocenters. The van der Waals surface area contributed by atoms with Crippen LogP contribution in [0.15, 0.2) is 66.9 Å². The van der Waals surface area contributed by atoms with E-state index >= 15 is 0 Å². The molecule has 4 aliphatic rings. The van der Waals surface area contributed by atoms with E-state index in [-0.39, 0.29) is 11.7 Å². The van der Waals surface area contributed by atoms with Crippen molar-refractivity contribution in [3.63, 3.8) is 0 Å². The van der Waals surface area contributed by atoms with E-state index < -0.39 is 29.8 Å². The number of methoxy groups -OCH3 is 2. The average Bonchev–Trinajstić information content (AvgIpc) is 3.48. The SMILES string of the molecule is COc1ccc(C(=O)[C@@H]2[C@@H]3C(=O)N(c4ccc5c(c4)OCCO5)C(=O)[C@H]3[C@@H]3c4ccccc4C=CN23)cc1OC. The number of nitrogens with zero attached hydrogens (tertiary/aromatic N) is 2. The van der Waals surface area contributed by atoms with Crippen LogP contribution in [-0.4, -0.2) is 56.0 Å². The van der Waals surface area contributed by atoms with Crippen LogP contribution in [0.4, 0.5) is 5.69 Å². The second-order valence-electron chi connectivity index (χ2n) is 10.1. The van der Waals surface area contributed by atoms with E-state index in [0.717, 1.165) is 11.1 Å². The van der Waals surface area contributed by atoms with E-state index in [4.69, 9.17) is 18.9 Å². The number of ketones is 1. The molecule has 0 bridgehead atoms. The Balaban J connectivity index is 1.34. The molecule has 40 heavy (non-hydrogen) atoms. The summed E-state index contributed by atoms with van der Waals surface area (Å²) in [5.41, 5.74) is 2.64. The molecule has 0 radical (unpaired) electrons. The predicted molar refractivity (Wildman–Crippen MR) is 145 cm³/mol. The summed E-state index contributed by atoms with van der Waals surface area (Å²) in [5.74, 6) is -0.716. The van der Waals surface area contributed by atoms with Crippen molar-refractivity contribution in [1.82, 2.24) is 4.90 Å². The summed E-state index contributed by atoms with van der Waals surface area (Å²) in [6, 6.07) is 16.4. The molecule has 202 valence electrons. The highest BCUT2D eigenvalue weighted by Gasteiger charge is 2.64. The fraction of sp³-hybridized carbons (Fsp3) is 0.258. The Kier molecular flexibility index (Phi) is 5.55. The smallest absolute Gasteiger partial charge is 0.240 e. The van der Waals surface area contributed by atoms with Crippen molar-refractivity contribution in [2.45, 2.75) is 12.1 Å². The Labute approximate surface area is 230 Å². The summed E-state index contributed by atoms with van der Waals surface area (Å²) in [6.45, 7) is 0.814. The summed E-state index contributed by atoms with van der Waals surface area (Å²) < 4.78 is 22.1. The van der Waals surface area contributed by atoms with Gasteiger partial charge in [0.05, 0.1) is 37.8 Å². The van der Waals surface area contributed by atoms with Crippen LogP contribution in [-0.2, 0) is 9.59 Å². The van der Waals surface area contributed by atoms with Gasteiger partial charge in [0.25, 0.3) is 0 Å². The van der Waals surface area contributed by atoms with Crippen molar-refractivity contribution in [3.05, 3.63) is 83.6 Å². The number of hydrogen-bond acceptors (Lipinski definition) is 8. The monoisotopic (exact) mass is 538 g/mol. The summed E-state index contributed by atoms with van der Waals surface area (Å²) >= 11 is 0. The van der Waals surface area contributed by atoms with Crippen LogP contribution in [0.2, 0.25) is 0 Å². The minimum absolute atomic E-state index is 0.271. The summed E-state index contributed by atoms with van der Waals surface area (Å²) in [5, 5.41) is 0. The van der Waals surface area contributed by atoms with E-state index in [9.17, 15) is 14.4 Å². The van der Waals surface area contributed by atoms with E-state index in [1.165, 1.54) is 19.1 Å². The predicted octanol–water partition coefficient (Wildman–Crippen LogP) is 3.87. The van der Waals surface area contributed by atoms with Crippen molar-refractivity contribution in [2.24, 2.45) is 11.8 Å². The van der Waals surface area contributed by atoms with E-state index in [2.05, 4.69) is 0 Å². The second kappa shape index (κ2) is 9.15. The Bertz CT molecular complexity index is 1600. The lowest BCUT2D eigenvalue weighted by molar-refractivity contribution is -0.123. The molecule has 9 nitrogen and oxygen atoms in total. The van der Waals surface area contributed by atoms with Gasteiger partial charge in [-0.05, 0) is 47.5 Å². The molecule has 3 aromatic rings. The minimum atomic E-state index is -0.892. The maximum absolute atomic E-state index is 14.2. The number of hydrogen-bond donors (Lipinski definition) is 0. The quantitative estimate of drug-likeness (QED) is 0.357. The van der Waals surface area contributed by atoms with Gasteiger partial charge in [0.15, 0.2) is 28.8 Å². The van der Waals surface area contributed by atoms with Crippen molar-refractivity contribution in [2.75, 3.05) is 32.3 Å². The zero-order valence-electron chi connectivity index (χ0n) is 21.9. The number of anilines is 1. The first-order valence-corrected chi connectivity index (χ1v) is 13.1. The van der Waals surface area contributed by atoms with Gasteiger partial charge >= 0.3 is 0 Å². The number of ether oxygens (including phenoxy) is 4. The van der Waals surface area contributed by atoms with Crippen molar-refractivity contribution < 1.29 is 33.3 Å². The third kappa shape index (κ3) is 3.43. The molecular weight excluding hydrogens is 512 g/mol. The highest BCUT2D eigenvalue weighted by molar-refractivity contribution is 6.24. The first-order valence-electron chi connectivity index (χ1n) is 13.1. The Morgan fingerprint density at radius 3 is 2.40 bits per heavy atom. The average molecular weight is 539 g/mol. The van der Waals surface area contributed by atoms with Gasteiger partial charge in [-0.15, -0.1) is 0 Å². The number of fused-ring (bicyclic) bond motifs is 6. The van der Waals surface area contributed by atoms with Gasteiger partial charge in [0.1, 0.15) is 19.3 Å². The summed E-state index contributed by atoms with van der Waals surface area (Å²) in [6.07, 6.45) is 3.76. The Morgan fingerprint density at radius 1 is 0.850 bits per heavy atom. The van der Waals surface area contributed by atoms with Crippen molar-refractivity contribution in [1.29, 1.82) is 0 Å². The molecule has 0 spiro atoms. The van der Waals surface area contributed by atoms with Gasteiger partial charge in [0, 0.05) is 17.8 Å². The number of carbonyl (C=O) groups is 3. The fourth-order valence-electron chi connectivity index (χ4n) is 6.44. The maximum Gasteiger partial charge on any atom is 0.240 e. The lowest BCUT2D eigenvalue weighted by Crippen LogP contribution is -2.44. The van der Waals surface area contributed by atoms with E-state index in [1.807, 2.05) is 41.4 Å². The molecular formula is C31H26N2O7. The third-order valence-electron chi connectivity index (χ3n) is 8.18. The number of imide groups is 1. The molecule has 2 saturated heterocycles. The normalized spacial score (nSPS) is 23.9. The highest BCUT2D eigenvalue weighted by atomic mass is 16.6. The van der Waals surface area contributed by atoms with Crippen molar-refractivity contribution in [3.8, 4) is 23.0 Å². The molecule has 3 aromatic carbocycles. The molecule has 0 aromatic heterocycles. The zero-order chi connectivity index (χ0) is 27.5. The summed E-state index contributed by atoms with van der Waals surface area (Å²) in [4.78, 5) is 45.6. The molecule has 0 aliphatic carbocycles. The lowest BCUT2D eigenvalue weighted by Gasteiger charge is -2.35. The van der Waals surface area contributed by atoms with Crippen LogP contribution >= 0.6 is 0 Å². The number of benzene rings is 3. The standard InChI is InChI=1S/C31H26N2O7/c1-37-21-9-7-18(15-23(21)38-2)29(34)28-26-25(27-20-6-4-3-5-17(20)11-12-32(27)28)30(35)33(31(26)36)19-8-10-22-24(16-19)40-14-13-39-22/h3-12,15-16,25-28H,13-14H2,1-2H3/t25-,26-,27+,28+/m1/s1. The molecule has 0 N–H and O–H groups in total. The third-order valence-corrected chi connectivity index (χ3v) is 8.18. The number of rotatable bonds is 5. The minimum Gasteiger partial charge on any atom is -0.493 e. The molecule has 2 amide bonds. The van der Waals surface area contributed by atoms with E-state index in [0.29, 0.717) is 47.5 Å². The van der Waals surface area contributed by atoms with Gasteiger partial charge in [-0.1, -0.05) is 24.3 Å². The van der Waals surface area contributed by atoms with Crippen LogP contribution in [0.5, 0.6) is 23.0 Å². The van der Waals surface area contributed by atoms with Crippen LogP contribution < -0.4 is 23.8 Å². The van der Waals surface area contributed by atoms with Gasteiger partial charge < -0.3 is 23.8 Å². The number of Topliss-reactive ketones (excluding diaryl/α,β-unsaturated/α-hetero) is 1. The Hall–Kier alpha value is -4.79. The van der Waals surface area contributed by atoms with Gasteiger partial charge in [-0.3, -0.25) is 14.4 Å². The van der Waals surface area contributed by atoms with Crippen LogP contribution in [0.3, 0.4) is 0 Å². The maximum atomic E-state index is 14.2. The summed E-state index contributed by atoms with van der Waals surface area (Å²) in [7, 11) is 3.03. The molecule has 0 saturated carbocycles.